The van der Waals surface area contributed by atoms with Gasteiger partial charge in [-0.3, -0.25) is 9.59 Å². The maximum atomic E-state index is 13.2. The monoisotopic (exact) mass is 391 g/mol. The van der Waals surface area contributed by atoms with Crippen molar-refractivity contribution in [2.24, 2.45) is 0 Å². The van der Waals surface area contributed by atoms with Crippen LogP contribution in [0.4, 0.5) is 5.69 Å². The number of amides is 2. The maximum Gasteiger partial charge on any atom is 0.254 e. The SMILES string of the molecule is CN(C)c1ccc(C(=O)N2CC[C@@]34O[C@H](c5ccccc5)CN3C(=O)C[C@@H]24)cc1. The third-order valence-corrected chi connectivity index (χ3v) is 6.49. The highest BCUT2D eigenvalue weighted by molar-refractivity contribution is 5.96. The van der Waals surface area contributed by atoms with E-state index in [1.54, 1.807) is 0 Å². The minimum absolute atomic E-state index is 0.0291. The minimum atomic E-state index is -0.684. The van der Waals surface area contributed by atoms with Gasteiger partial charge in [-0.1, -0.05) is 30.3 Å². The van der Waals surface area contributed by atoms with Gasteiger partial charge in [-0.25, -0.2) is 0 Å². The highest BCUT2D eigenvalue weighted by atomic mass is 16.5. The molecule has 0 aromatic heterocycles. The Morgan fingerprint density at radius 1 is 1.10 bits per heavy atom. The van der Waals surface area contributed by atoms with Crippen molar-refractivity contribution in [3.8, 4) is 0 Å². The molecule has 0 bridgehead atoms. The van der Waals surface area contributed by atoms with Crippen molar-refractivity contribution in [1.82, 2.24) is 9.80 Å². The second kappa shape index (κ2) is 6.59. The zero-order chi connectivity index (χ0) is 20.2. The van der Waals surface area contributed by atoms with Crippen LogP contribution < -0.4 is 4.90 Å². The number of hydrogen-bond donors (Lipinski definition) is 0. The van der Waals surface area contributed by atoms with E-state index < -0.39 is 5.72 Å². The lowest BCUT2D eigenvalue weighted by molar-refractivity contribution is -0.138. The van der Waals surface area contributed by atoms with Crippen LogP contribution in [0.25, 0.3) is 0 Å². The normalized spacial score (nSPS) is 27.9. The van der Waals surface area contributed by atoms with Crippen LogP contribution in [0.15, 0.2) is 54.6 Å². The quantitative estimate of drug-likeness (QED) is 0.807. The molecule has 3 heterocycles. The van der Waals surface area contributed by atoms with Gasteiger partial charge in [-0.2, -0.15) is 0 Å². The molecule has 5 rings (SSSR count). The van der Waals surface area contributed by atoms with Gasteiger partial charge < -0.3 is 19.4 Å². The number of rotatable bonds is 3. The second-order valence-corrected chi connectivity index (χ2v) is 8.28. The molecular weight excluding hydrogens is 366 g/mol. The largest absolute Gasteiger partial charge is 0.378 e. The van der Waals surface area contributed by atoms with Gasteiger partial charge in [0.2, 0.25) is 5.91 Å². The Labute approximate surface area is 170 Å². The fraction of sp³-hybridized carbons (Fsp3) is 0.391. The molecule has 0 radical (unpaired) electrons. The van der Waals surface area contributed by atoms with Crippen LogP contribution >= 0.6 is 0 Å². The Morgan fingerprint density at radius 2 is 1.83 bits per heavy atom. The van der Waals surface area contributed by atoms with Crippen molar-refractivity contribution in [2.75, 3.05) is 32.1 Å². The molecule has 2 aromatic carbocycles. The van der Waals surface area contributed by atoms with Crippen LogP contribution in [-0.2, 0) is 9.53 Å². The number of likely N-dealkylation sites (tertiary alicyclic amines) is 1. The van der Waals surface area contributed by atoms with Gasteiger partial charge >= 0.3 is 0 Å². The van der Waals surface area contributed by atoms with E-state index >= 15 is 0 Å². The molecule has 6 nitrogen and oxygen atoms in total. The van der Waals surface area contributed by atoms with E-state index in [9.17, 15) is 9.59 Å². The Morgan fingerprint density at radius 3 is 2.52 bits per heavy atom. The van der Waals surface area contributed by atoms with E-state index in [2.05, 4.69) is 0 Å². The van der Waals surface area contributed by atoms with Crippen LogP contribution in [-0.4, -0.2) is 60.6 Å². The molecule has 3 aliphatic rings. The molecule has 0 aliphatic carbocycles. The Balaban J connectivity index is 1.40. The molecule has 2 aromatic rings. The van der Waals surface area contributed by atoms with Gasteiger partial charge in [0.15, 0.2) is 5.72 Å². The fourth-order valence-corrected chi connectivity index (χ4v) is 4.98. The smallest absolute Gasteiger partial charge is 0.254 e. The Kier molecular flexibility index (Phi) is 4.13. The molecule has 2 amide bonds. The highest BCUT2D eigenvalue weighted by Gasteiger charge is 2.64. The molecule has 0 N–H and O–H groups in total. The second-order valence-electron chi connectivity index (χ2n) is 8.28. The molecule has 1 spiro atoms. The predicted molar refractivity (Wildman–Crippen MR) is 110 cm³/mol. The first-order chi connectivity index (χ1) is 14.0. The fourth-order valence-electron chi connectivity index (χ4n) is 4.98. The molecule has 0 unspecified atom stereocenters. The van der Waals surface area contributed by atoms with Crippen LogP contribution in [0.5, 0.6) is 0 Å². The number of nitrogens with zero attached hydrogens (tertiary/aromatic N) is 3. The van der Waals surface area contributed by atoms with Crippen LogP contribution in [0.2, 0.25) is 0 Å². The average molecular weight is 391 g/mol. The van der Waals surface area contributed by atoms with Crippen molar-refractivity contribution in [2.45, 2.75) is 30.7 Å². The summed E-state index contributed by atoms with van der Waals surface area (Å²) in [5.74, 6) is 0.0486. The summed E-state index contributed by atoms with van der Waals surface area (Å²) in [5.41, 5.74) is 2.09. The molecule has 3 saturated heterocycles. The summed E-state index contributed by atoms with van der Waals surface area (Å²) in [4.78, 5) is 31.7. The summed E-state index contributed by atoms with van der Waals surface area (Å²) in [6, 6.07) is 17.4. The zero-order valence-corrected chi connectivity index (χ0v) is 16.7. The van der Waals surface area contributed by atoms with Crippen molar-refractivity contribution >= 4 is 17.5 Å². The van der Waals surface area contributed by atoms with E-state index in [-0.39, 0.29) is 24.0 Å². The lowest BCUT2D eigenvalue weighted by atomic mass is 10.1. The van der Waals surface area contributed by atoms with Gasteiger partial charge in [0.25, 0.3) is 5.91 Å². The lowest BCUT2D eigenvalue weighted by Crippen LogP contribution is -2.48. The van der Waals surface area contributed by atoms with Gasteiger partial charge in [0, 0.05) is 38.3 Å². The van der Waals surface area contributed by atoms with E-state index in [0.29, 0.717) is 31.5 Å². The van der Waals surface area contributed by atoms with E-state index in [1.807, 2.05) is 83.4 Å². The lowest BCUT2D eigenvalue weighted by Gasteiger charge is -2.32. The predicted octanol–water partition coefficient (Wildman–Crippen LogP) is 2.67. The maximum absolute atomic E-state index is 13.2. The molecule has 6 heteroatoms. The van der Waals surface area contributed by atoms with E-state index in [1.165, 1.54) is 0 Å². The number of carbonyl (C=O) groups is 2. The molecule has 29 heavy (non-hydrogen) atoms. The zero-order valence-electron chi connectivity index (χ0n) is 16.7. The third kappa shape index (κ3) is 2.74. The number of carbonyl (C=O) groups excluding carboxylic acids is 2. The molecule has 3 aliphatic heterocycles. The Bertz CT molecular complexity index is 944. The van der Waals surface area contributed by atoms with Crippen LogP contribution in [0, 0.1) is 0 Å². The van der Waals surface area contributed by atoms with E-state index in [0.717, 1.165) is 11.3 Å². The van der Waals surface area contributed by atoms with Crippen molar-refractivity contribution < 1.29 is 14.3 Å². The topological polar surface area (TPSA) is 53.1 Å². The van der Waals surface area contributed by atoms with Crippen molar-refractivity contribution in [3.63, 3.8) is 0 Å². The summed E-state index contributed by atoms with van der Waals surface area (Å²) in [6.45, 7) is 1.16. The number of hydrogen-bond acceptors (Lipinski definition) is 4. The summed E-state index contributed by atoms with van der Waals surface area (Å²) in [6.07, 6.45) is 0.856. The van der Waals surface area contributed by atoms with Crippen molar-refractivity contribution in [3.05, 3.63) is 65.7 Å². The third-order valence-electron chi connectivity index (χ3n) is 6.49. The summed E-state index contributed by atoms with van der Waals surface area (Å²) < 4.78 is 6.52. The van der Waals surface area contributed by atoms with Gasteiger partial charge in [-0.05, 0) is 29.8 Å². The molecule has 150 valence electrons. The van der Waals surface area contributed by atoms with Crippen LogP contribution in [0.3, 0.4) is 0 Å². The summed E-state index contributed by atoms with van der Waals surface area (Å²) in [5, 5.41) is 0. The number of anilines is 1. The first-order valence-corrected chi connectivity index (χ1v) is 10.1. The van der Waals surface area contributed by atoms with Gasteiger partial charge in [-0.15, -0.1) is 0 Å². The number of benzene rings is 2. The first kappa shape index (κ1) is 18.2. The summed E-state index contributed by atoms with van der Waals surface area (Å²) >= 11 is 0. The summed E-state index contributed by atoms with van der Waals surface area (Å²) in [7, 11) is 3.95. The molecule has 3 atom stereocenters. The first-order valence-electron chi connectivity index (χ1n) is 10.1. The molecular formula is C23H25N3O3. The highest BCUT2D eigenvalue weighted by Crippen LogP contribution is 2.50. The number of ether oxygens (including phenoxy) is 1. The minimum Gasteiger partial charge on any atom is -0.378 e. The van der Waals surface area contributed by atoms with Crippen LogP contribution in [0.1, 0.15) is 34.9 Å². The Hall–Kier alpha value is -2.86. The molecule has 0 saturated carbocycles. The van der Waals surface area contributed by atoms with Gasteiger partial charge in [0.1, 0.15) is 6.10 Å². The average Bonchev–Trinajstić information content (AvgIpc) is 3.37. The van der Waals surface area contributed by atoms with Gasteiger partial charge in [0.05, 0.1) is 19.0 Å². The van der Waals surface area contributed by atoms with E-state index in [4.69, 9.17) is 4.74 Å². The standard InChI is InChI=1S/C23H25N3O3/c1-24(2)18-10-8-17(9-11-18)22(28)25-13-12-23-20(25)14-21(27)26(23)15-19(29-23)16-6-4-3-5-7-16/h3-11,19-20H,12-15H2,1-2H3/t19-,20+,23-/m0/s1. The molecule has 3 fully saturated rings. The van der Waals surface area contributed by atoms with Crippen molar-refractivity contribution in [1.29, 1.82) is 0 Å².